The number of aromatic nitrogens is 2. The molecule has 0 saturated heterocycles. The predicted octanol–water partition coefficient (Wildman–Crippen LogP) is 1.85. The lowest BCUT2D eigenvalue weighted by Crippen LogP contribution is -2.31. The van der Waals surface area contributed by atoms with Gasteiger partial charge in [-0.05, 0) is 0 Å². The van der Waals surface area contributed by atoms with E-state index in [0.29, 0.717) is 19.0 Å². The van der Waals surface area contributed by atoms with Crippen molar-refractivity contribution in [3.63, 3.8) is 0 Å². The van der Waals surface area contributed by atoms with Crippen LogP contribution in [0.25, 0.3) is 0 Å². The monoisotopic (exact) mass is 256 g/mol. The first-order valence-corrected chi connectivity index (χ1v) is 6.67. The van der Waals surface area contributed by atoms with Gasteiger partial charge >= 0.3 is 0 Å². The summed E-state index contributed by atoms with van der Waals surface area (Å²) in [5.74, 6) is 0.514. The average Bonchev–Trinajstić information content (AvgIpc) is 2.72. The minimum atomic E-state index is 0.0315. The van der Waals surface area contributed by atoms with Crippen molar-refractivity contribution in [1.82, 2.24) is 15.5 Å². The van der Waals surface area contributed by atoms with Crippen LogP contribution in [-0.4, -0.2) is 29.2 Å². The normalized spacial score (nSPS) is 10.9. The predicted molar refractivity (Wildman–Crippen MR) is 70.3 cm³/mol. The maximum Gasteiger partial charge on any atom is 0.222 e. The third-order valence-electron chi connectivity index (χ3n) is 2.16. The van der Waals surface area contributed by atoms with Gasteiger partial charge in [0.15, 0.2) is 0 Å². The molecule has 1 amide bonds. The van der Waals surface area contributed by atoms with E-state index >= 15 is 0 Å². The third kappa shape index (κ3) is 4.68. The fourth-order valence-corrected chi connectivity index (χ4v) is 1.87. The van der Waals surface area contributed by atoms with E-state index < -0.39 is 0 Å². The van der Waals surface area contributed by atoms with E-state index in [9.17, 15) is 4.79 Å². The van der Waals surface area contributed by atoms with Gasteiger partial charge in [0.05, 0.1) is 0 Å². The molecule has 1 aromatic rings. The summed E-state index contributed by atoms with van der Waals surface area (Å²) in [6.45, 7) is 9.21. The molecule has 6 heteroatoms. The fraction of sp³-hybridized carbons (Fsp3) is 0.727. The number of rotatable bonds is 6. The molecule has 0 fully saturated rings. The molecule has 0 aliphatic heterocycles. The van der Waals surface area contributed by atoms with E-state index in [2.05, 4.69) is 34.7 Å². The Kier molecular flexibility index (Phi) is 5.34. The van der Waals surface area contributed by atoms with Crippen LogP contribution in [0, 0.1) is 5.92 Å². The van der Waals surface area contributed by atoms with E-state index in [0.717, 1.165) is 10.1 Å². The molecule has 0 aromatic carbocycles. The van der Waals surface area contributed by atoms with Gasteiger partial charge in [-0.15, -0.1) is 10.2 Å². The van der Waals surface area contributed by atoms with E-state index in [1.165, 1.54) is 0 Å². The Morgan fingerprint density at radius 3 is 2.47 bits per heavy atom. The number of amides is 1. The van der Waals surface area contributed by atoms with E-state index in [1.807, 2.05) is 13.8 Å². The second-order valence-corrected chi connectivity index (χ2v) is 5.48. The van der Waals surface area contributed by atoms with Crippen LogP contribution in [0.5, 0.6) is 0 Å². The zero-order chi connectivity index (χ0) is 12.8. The van der Waals surface area contributed by atoms with Crippen molar-refractivity contribution in [3.8, 4) is 0 Å². The largest absolute Gasteiger partial charge is 0.358 e. The molecule has 1 heterocycles. The smallest absolute Gasteiger partial charge is 0.222 e. The van der Waals surface area contributed by atoms with Gasteiger partial charge in [0.1, 0.15) is 5.01 Å². The van der Waals surface area contributed by atoms with E-state index in [1.54, 1.807) is 11.3 Å². The number of anilines is 1. The Balaban J connectivity index is 2.24. The summed E-state index contributed by atoms with van der Waals surface area (Å²) in [5.41, 5.74) is 0. The molecule has 0 radical (unpaired) electrons. The highest BCUT2D eigenvalue weighted by Gasteiger charge is 2.08. The number of nitrogens with zero attached hydrogens (tertiary/aromatic N) is 2. The molecular formula is C11H20N4OS. The highest BCUT2D eigenvalue weighted by Crippen LogP contribution is 2.21. The molecule has 0 bridgehead atoms. The highest BCUT2D eigenvalue weighted by molar-refractivity contribution is 7.15. The lowest BCUT2D eigenvalue weighted by molar-refractivity contribution is -0.123. The molecule has 0 atom stereocenters. The second-order valence-electron chi connectivity index (χ2n) is 4.47. The molecular weight excluding hydrogens is 236 g/mol. The summed E-state index contributed by atoms with van der Waals surface area (Å²) in [5, 5.41) is 15.9. The van der Waals surface area contributed by atoms with Gasteiger partial charge in [-0.25, -0.2) is 0 Å². The molecule has 0 aliphatic carbocycles. The van der Waals surface area contributed by atoms with Crippen molar-refractivity contribution in [1.29, 1.82) is 0 Å². The Hall–Kier alpha value is -1.17. The van der Waals surface area contributed by atoms with Gasteiger partial charge in [0, 0.05) is 24.9 Å². The summed E-state index contributed by atoms with van der Waals surface area (Å²) in [6.07, 6.45) is 0. The maximum atomic E-state index is 11.3. The summed E-state index contributed by atoms with van der Waals surface area (Å²) in [4.78, 5) is 11.3. The lowest BCUT2D eigenvalue weighted by atomic mass is 10.2. The number of nitrogens with one attached hydrogen (secondary N) is 2. The van der Waals surface area contributed by atoms with Crippen molar-refractivity contribution in [2.75, 3.05) is 18.4 Å². The zero-order valence-electron chi connectivity index (χ0n) is 10.8. The van der Waals surface area contributed by atoms with Gasteiger partial charge in [-0.2, -0.15) is 0 Å². The topological polar surface area (TPSA) is 66.9 Å². The van der Waals surface area contributed by atoms with Crippen LogP contribution in [0.4, 0.5) is 5.13 Å². The van der Waals surface area contributed by atoms with Crippen LogP contribution in [0.2, 0.25) is 0 Å². The quantitative estimate of drug-likeness (QED) is 0.762. The number of hydrogen-bond donors (Lipinski definition) is 2. The molecule has 5 nitrogen and oxygen atoms in total. The van der Waals surface area contributed by atoms with Crippen molar-refractivity contribution in [2.24, 2.45) is 5.92 Å². The zero-order valence-corrected chi connectivity index (χ0v) is 11.6. The number of carbonyl (C=O) groups excluding carboxylic acids is 1. The van der Waals surface area contributed by atoms with Crippen molar-refractivity contribution in [2.45, 2.75) is 33.6 Å². The third-order valence-corrected chi connectivity index (χ3v) is 3.34. The number of carbonyl (C=O) groups is 1. The van der Waals surface area contributed by atoms with Crippen LogP contribution in [0.15, 0.2) is 0 Å². The maximum absolute atomic E-state index is 11.3. The highest BCUT2D eigenvalue weighted by atomic mass is 32.1. The van der Waals surface area contributed by atoms with Gasteiger partial charge in [0.25, 0.3) is 0 Å². The Bertz CT molecular complexity index is 362. The first kappa shape index (κ1) is 13.9. The molecule has 0 aliphatic rings. The standard InChI is InChI=1S/C11H20N4OS/c1-7(2)9(16)12-5-6-13-11-15-14-10(17-11)8(3)4/h7-8H,5-6H2,1-4H3,(H,12,16)(H,13,15). The summed E-state index contributed by atoms with van der Waals surface area (Å²) in [7, 11) is 0. The molecule has 1 rings (SSSR count). The Labute approximate surface area is 106 Å². The molecule has 96 valence electrons. The van der Waals surface area contributed by atoms with Crippen LogP contribution < -0.4 is 10.6 Å². The molecule has 0 saturated carbocycles. The van der Waals surface area contributed by atoms with Gasteiger partial charge < -0.3 is 10.6 Å². The first-order valence-electron chi connectivity index (χ1n) is 5.85. The van der Waals surface area contributed by atoms with Gasteiger partial charge in [-0.1, -0.05) is 39.0 Å². The minimum absolute atomic E-state index is 0.0315. The summed E-state index contributed by atoms with van der Waals surface area (Å²) < 4.78 is 0. The van der Waals surface area contributed by atoms with Crippen molar-refractivity contribution >= 4 is 22.4 Å². The molecule has 1 aromatic heterocycles. The van der Waals surface area contributed by atoms with Crippen LogP contribution in [-0.2, 0) is 4.79 Å². The molecule has 0 unspecified atom stereocenters. The SMILES string of the molecule is CC(C)C(=O)NCCNc1nnc(C(C)C)s1. The van der Waals surface area contributed by atoms with E-state index in [-0.39, 0.29) is 11.8 Å². The Morgan fingerprint density at radius 2 is 1.94 bits per heavy atom. The van der Waals surface area contributed by atoms with Crippen LogP contribution >= 0.6 is 11.3 Å². The van der Waals surface area contributed by atoms with Gasteiger partial charge in [-0.3, -0.25) is 4.79 Å². The first-order chi connectivity index (χ1) is 8.00. The molecule has 17 heavy (non-hydrogen) atoms. The van der Waals surface area contributed by atoms with Gasteiger partial charge in [0.2, 0.25) is 11.0 Å². The minimum Gasteiger partial charge on any atom is -0.358 e. The second kappa shape index (κ2) is 6.54. The fourth-order valence-electron chi connectivity index (χ4n) is 1.10. The summed E-state index contributed by atoms with van der Waals surface area (Å²) >= 11 is 1.56. The molecule has 0 spiro atoms. The van der Waals surface area contributed by atoms with Crippen molar-refractivity contribution < 1.29 is 4.79 Å². The van der Waals surface area contributed by atoms with Crippen molar-refractivity contribution in [3.05, 3.63) is 5.01 Å². The van der Waals surface area contributed by atoms with Crippen LogP contribution in [0.1, 0.15) is 38.6 Å². The Morgan fingerprint density at radius 1 is 1.24 bits per heavy atom. The van der Waals surface area contributed by atoms with Crippen LogP contribution in [0.3, 0.4) is 0 Å². The molecule has 2 N–H and O–H groups in total. The number of hydrogen-bond acceptors (Lipinski definition) is 5. The van der Waals surface area contributed by atoms with E-state index in [4.69, 9.17) is 0 Å². The summed E-state index contributed by atoms with van der Waals surface area (Å²) in [6, 6.07) is 0. The average molecular weight is 256 g/mol. The lowest BCUT2D eigenvalue weighted by Gasteiger charge is -2.07.